The number of piperazine rings is 1. The number of amides is 4. The molecule has 9 N–H and O–H groups in total. The van der Waals surface area contributed by atoms with Gasteiger partial charge in [0.25, 0.3) is 0 Å². The summed E-state index contributed by atoms with van der Waals surface area (Å²) in [6, 6.07) is 26.7. The predicted octanol–water partition coefficient (Wildman–Crippen LogP) is 2.19. The summed E-state index contributed by atoms with van der Waals surface area (Å²) in [7, 11) is -4.06. The Bertz CT molecular complexity index is 2400. The monoisotopic (exact) mass is 907 g/mol. The molecule has 4 aliphatic rings. The average Bonchev–Trinajstić information content (AvgIpc) is 3.23. The van der Waals surface area contributed by atoms with E-state index in [0.717, 1.165) is 5.56 Å². The van der Waals surface area contributed by atoms with Crippen LogP contribution in [0.1, 0.15) is 27.8 Å². The molecule has 0 aromatic heterocycles. The lowest BCUT2D eigenvalue weighted by Gasteiger charge is -2.33. The van der Waals surface area contributed by atoms with Gasteiger partial charge in [-0.05, 0) is 52.9 Å². The van der Waals surface area contributed by atoms with Crippen LogP contribution in [0.2, 0.25) is 0 Å². The zero-order chi connectivity index (χ0) is 46.4. The number of hydrogen-bond donors (Lipinski definition) is 8. The molecular weight excluding hydrogens is 860 g/mol. The second-order valence-electron chi connectivity index (χ2n) is 15.1. The van der Waals surface area contributed by atoms with E-state index in [1.165, 1.54) is 0 Å². The van der Waals surface area contributed by atoms with Gasteiger partial charge in [0, 0.05) is 56.1 Å². The third kappa shape index (κ3) is 15.6. The van der Waals surface area contributed by atoms with E-state index >= 15 is 0 Å². The number of fused-ring (bicyclic) bond motifs is 2. The molecule has 0 saturated carbocycles. The number of aliphatic carboxylic acids is 1. The molecule has 0 aliphatic carbocycles. The summed E-state index contributed by atoms with van der Waals surface area (Å²) >= 11 is 0. The molecule has 4 aliphatic heterocycles. The summed E-state index contributed by atoms with van der Waals surface area (Å²) in [6.07, 6.45) is -5.12. The van der Waals surface area contributed by atoms with Crippen LogP contribution in [-0.2, 0) is 59.1 Å². The molecule has 2 atom stereocenters. The number of anilines is 2. The highest BCUT2D eigenvalue weighted by atomic mass is 32.2. The van der Waals surface area contributed by atoms with Gasteiger partial charge in [-0.1, -0.05) is 78.9 Å². The first-order valence-electron chi connectivity index (χ1n) is 19.9. The number of nitrogens with two attached hydrogens (primary N) is 1. The van der Waals surface area contributed by atoms with Crippen molar-refractivity contribution >= 4 is 56.8 Å². The number of nitrogens with zero attached hydrogens (tertiary/aromatic N) is 2. The fourth-order valence-electron chi connectivity index (χ4n) is 6.72. The molecule has 1 saturated heterocycles. The lowest BCUT2D eigenvalue weighted by molar-refractivity contribution is -0.192. The van der Waals surface area contributed by atoms with Crippen LogP contribution in [0.4, 0.5) is 24.5 Å². The lowest BCUT2D eigenvalue weighted by Crippen LogP contribution is -2.55. The van der Waals surface area contributed by atoms with E-state index in [1.54, 1.807) is 103 Å². The minimum atomic E-state index is -5.08. The topological polar surface area (TPSA) is 256 Å². The second-order valence-corrected chi connectivity index (χ2v) is 16.8. The number of carbonyl (C=O) groups is 5. The Balaban J connectivity index is 0.00000102. The zero-order valence-electron chi connectivity index (χ0n) is 34.4. The number of nitrogen functional groups attached to an aromatic ring is 1. The van der Waals surface area contributed by atoms with E-state index < -0.39 is 46.1 Å². The largest absolute Gasteiger partial charge is 0.490 e. The number of hydrogen-bond acceptors (Lipinski definition) is 10. The molecular formula is C43H48F3N9O8S. The second kappa shape index (κ2) is 22.1. The van der Waals surface area contributed by atoms with Crippen molar-refractivity contribution in [1.82, 2.24) is 25.2 Å². The highest BCUT2D eigenvalue weighted by molar-refractivity contribution is 7.88. The highest BCUT2D eigenvalue weighted by Gasteiger charge is 2.38. The van der Waals surface area contributed by atoms with E-state index in [0.29, 0.717) is 59.8 Å². The number of amidine groups is 1. The van der Waals surface area contributed by atoms with Crippen LogP contribution in [-0.4, -0.2) is 116 Å². The van der Waals surface area contributed by atoms with Crippen molar-refractivity contribution < 1.29 is 50.7 Å². The molecule has 1 fully saturated rings. The van der Waals surface area contributed by atoms with Crippen LogP contribution in [0.3, 0.4) is 0 Å². The number of rotatable bonds is 8. The SMILES string of the molecule is N=C(N)c1ccc(CNC(=O)[C@@H]2Cc3cccc(c3)NC(=O)CN3CCN(CC3)CC(=O)Nc3ccc(cc3)C[C@@H](NS(=O)(=O)Cc3ccccc3)C(=O)N2)cc1.O=C(O)C(F)(F)F. The summed E-state index contributed by atoms with van der Waals surface area (Å²) in [5.74, 6) is -4.88. The van der Waals surface area contributed by atoms with Crippen LogP contribution in [0.25, 0.3) is 0 Å². The Hall–Kier alpha value is -6.68. The van der Waals surface area contributed by atoms with Gasteiger partial charge in [0.2, 0.25) is 33.7 Å². The smallest absolute Gasteiger partial charge is 0.475 e. The molecule has 17 nitrogen and oxygen atoms in total. The fourth-order valence-corrected chi connectivity index (χ4v) is 8.06. The Morgan fingerprint density at radius 1 is 0.766 bits per heavy atom. The van der Waals surface area contributed by atoms with Crippen molar-refractivity contribution in [1.29, 1.82) is 5.41 Å². The Morgan fingerprint density at radius 2 is 1.34 bits per heavy atom. The first-order valence-corrected chi connectivity index (χ1v) is 21.5. The highest BCUT2D eigenvalue weighted by Crippen LogP contribution is 2.17. The van der Waals surface area contributed by atoms with Crippen molar-refractivity contribution in [3.63, 3.8) is 0 Å². The summed E-state index contributed by atoms with van der Waals surface area (Å²) < 4.78 is 61.4. The number of halogens is 3. The number of sulfonamides is 1. The van der Waals surface area contributed by atoms with E-state index in [9.17, 15) is 40.8 Å². The molecule has 8 rings (SSSR count). The number of carbonyl (C=O) groups excluding carboxylic acids is 4. The number of carboxylic acid groups (broad SMARTS) is 1. The molecule has 4 heterocycles. The molecule has 64 heavy (non-hydrogen) atoms. The zero-order valence-corrected chi connectivity index (χ0v) is 35.2. The van der Waals surface area contributed by atoms with Crippen LogP contribution < -0.4 is 31.7 Å². The van der Waals surface area contributed by atoms with Crippen LogP contribution in [0, 0.1) is 5.41 Å². The Labute approximate surface area is 367 Å². The first-order chi connectivity index (χ1) is 30.3. The van der Waals surface area contributed by atoms with Crippen molar-refractivity contribution in [3.05, 3.63) is 131 Å². The van der Waals surface area contributed by atoms with Gasteiger partial charge in [0.1, 0.15) is 17.9 Å². The minimum absolute atomic E-state index is 0.0183. The van der Waals surface area contributed by atoms with Crippen molar-refractivity contribution in [3.8, 4) is 0 Å². The van der Waals surface area contributed by atoms with Gasteiger partial charge in [0.15, 0.2) is 0 Å². The van der Waals surface area contributed by atoms with Gasteiger partial charge in [-0.25, -0.2) is 17.9 Å². The molecule has 4 aromatic rings. The fraction of sp³-hybridized carbons (Fsp3) is 0.302. The molecule has 340 valence electrons. The Morgan fingerprint density at radius 3 is 1.91 bits per heavy atom. The molecule has 4 amide bonds. The molecule has 21 heteroatoms. The van der Waals surface area contributed by atoms with Gasteiger partial charge in [0.05, 0.1) is 18.8 Å². The van der Waals surface area contributed by atoms with E-state index in [2.05, 4.69) is 26.0 Å². The van der Waals surface area contributed by atoms with Crippen molar-refractivity contribution in [2.75, 3.05) is 49.9 Å². The van der Waals surface area contributed by atoms with Gasteiger partial charge in [-0.15, -0.1) is 0 Å². The lowest BCUT2D eigenvalue weighted by atomic mass is 10.0. The predicted molar refractivity (Wildman–Crippen MR) is 231 cm³/mol. The third-order valence-electron chi connectivity index (χ3n) is 9.97. The van der Waals surface area contributed by atoms with Crippen molar-refractivity contribution in [2.45, 2.75) is 43.4 Å². The maximum Gasteiger partial charge on any atom is 0.490 e. The van der Waals surface area contributed by atoms with Crippen LogP contribution >= 0.6 is 0 Å². The van der Waals surface area contributed by atoms with E-state index in [-0.39, 0.29) is 55.9 Å². The van der Waals surface area contributed by atoms with Gasteiger partial charge in [-0.3, -0.25) is 34.4 Å². The molecule has 0 radical (unpaired) electrons. The molecule has 6 bridgehead atoms. The molecule has 0 spiro atoms. The summed E-state index contributed by atoms with van der Waals surface area (Å²) in [6.45, 7) is 2.90. The third-order valence-corrected chi connectivity index (χ3v) is 11.3. The maximum absolute atomic E-state index is 14.2. The number of carboxylic acids is 1. The van der Waals surface area contributed by atoms with Crippen LogP contribution in [0.5, 0.6) is 0 Å². The summed E-state index contributed by atoms with van der Waals surface area (Å²) in [5, 5.41) is 26.3. The summed E-state index contributed by atoms with van der Waals surface area (Å²) in [5.41, 5.74) is 9.68. The maximum atomic E-state index is 14.2. The number of nitrogens with one attached hydrogen (secondary N) is 6. The first kappa shape index (κ1) is 48.4. The van der Waals surface area contributed by atoms with Crippen molar-refractivity contribution in [2.24, 2.45) is 5.73 Å². The van der Waals surface area contributed by atoms with E-state index in [1.807, 2.05) is 9.80 Å². The quantitative estimate of drug-likeness (QED) is 0.0940. The van der Waals surface area contributed by atoms with Gasteiger partial charge in [-0.2, -0.15) is 13.2 Å². The minimum Gasteiger partial charge on any atom is -0.475 e. The summed E-state index contributed by atoms with van der Waals surface area (Å²) in [4.78, 5) is 67.1. The van der Waals surface area contributed by atoms with E-state index in [4.69, 9.17) is 21.0 Å². The molecule has 4 aromatic carbocycles. The molecule has 0 unspecified atom stereocenters. The van der Waals surface area contributed by atoms with Gasteiger partial charge < -0.3 is 32.1 Å². The van der Waals surface area contributed by atoms with Crippen LogP contribution in [0.15, 0.2) is 103 Å². The van der Waals surface area contributed by atoms with Gasteiger partial charge >= 0.3 is 12.1 Å². The number of alkyl halides is 3. The standard InChI is InChI=1S/C41H47N9O6S.C2HF3O2/c42-39(43)32-13-9-29(10-14-32)24-44-40(53)35-23-31-7-4-8-34(21-31)46-38(52)26-50-19-17-49(18-20-50)25-37(51)45-33-15-11-28(12-16-33)22-36(41(54)47-35)48-57(55,56)27-30-5-2-1-3-6-30;3-2(4,5)1(6)7/h1-16,21,35-36,48H,17-20,22-27H2,(H3,42,43)(H,44,53)(H,45,51)(H,46,52)(H,47,54);(H,6,7)/t35-,36+;/m0./s1. The normalized spacial score (nSPS) is 19.8. The average molecular weight is 908 g/mol. The number of benzene rings is 4. The Kier molecular flexibility index (Phi) is 16.7.